The number of fused-ring (bicyclic) bond motifs is 1. The van der Waals surface area contributed by atoms with Crippen LogP contribution in [-0.2, 0) is 0 Å². The third-order valence-corrected chi connectivity index (χ3v) is 6.03. The van der Waals surface area contributed by atoms with Gasteiger partial charge in [-0.05, 0) is 18.2 Å². The van der Waals surface area contributed by atoms with Crippen LogP contribution in [0.15, 0.2) is 23.6 Å². The Labute approximate surface area is 177 Å². The van der Waals surface area contributed by atoms with Crippen molar-refractivity contribution in [2.45, 2.75) is 0 Å². The highest BCUT2D eigenvalue weighted by atomic mass is 35.5. The maximum Gasteiger partial charge on any atom is 0.277 e. The number of pyridine rings is 1. The molecule has 0 saturated carbocycles. The molecule has 0 unspecified atom stereocenters. The maximum atomic E-state index is 12.5. The molecule has 1 N–H and O–H groups in total. The van der Waals surface area contributed by atoms with Crippen molar-refractivity contribution in [3.8, 4) is 22.8 Å². The highest BCUT2D eigenvalue weighted by Gasteiger charge is 2.21. The molecule has 138 valence electrons. The molecule has 6 nitrogen and oxygen atoms in total. The minimum atomic E-state index is -0.605. The van der Waals surface area contributed by atoms with Gasteiger partial charge in [-0.3, -0.25) is 10.1 Å². The Hall–Kier alpha value is -1.77. The predicted octanol–water partition coefficient (Wildman–Crippen LogP) is 5.80. The van der Waals surface area contributed by atoms with Crippen molar-refractivity contribution in [1.82, 2.24) is 9.97 Å². The zero-order valence-corrected chi connectivity index (χ0v) is 16.9. The molecule has 3 aromatic rings. The summed E-state index contributed by atoms with van der Waals surface area (Å²) in [6.07, 6.45) is 0. The van der Waals surface area contributed by atoms with E-state index in [1.807, 2.05) is 12.1 Å². The third kappa shape index (κ3) is 3.53. The summed E-state index contributed by atoms with van der Waals surface area (Å²) in [5.41, 5.74) is 1.35. The molecular formula is C16H7Cl4N3O3S. The monoisotopic (exact) mass is 461 g/mol. The van der Waals surface area contributed by atoms with Crippen molar-refractivity contribution >= 4 is 68.8 Å². The van der Waals surface area contributed by atoms with E-state index in [0.29, 0.717) is 22.3 Å². The second-order valence-electron chi connectivity index (χ2n) is 5.25. The van der Waals surface area contributed by atoms with E-state index in [2.05, 4.69) is 15.3 Å². The quantitative estimate of drug-likeness (QED) is 0.498. The number of halogens is 4. The molecule has 0 radical (unpaired) electrons. The lowest BCUT2D eigenvalue weighted by molar-refractivity contribution is 0.102. The minimum Gasteiger partial charge on any atom is -0.454 e. The van der Waals surface area contributed by atoms with Gasteiger partial charge in [0.1, 0.15) is 5.15 Å². The van der Waals surface area contributed by atoms with Gasteiger partial charge in [-0.25, -0.2) is 9.97 Å². The zero-order valence-electron chi connectivity index (χ0n) is 13.1. The van der Waals surface area contributed by atoms with Crippen LogP contribution in [-0.4, -0.2) is 22.7 Å². The van der Waals surface area contributed by atoms with E-state index in [-0.39, 0.29) is 32.7 Å². The van der Waals surface area contributed by atoms with Crippen LogP contribution in [0.2, 0.25) is 20.2 Å². The van der Waals surface area contributed by atoms with Gasteiger partial charge in [0, 0.05) is 10.9 Å². The second kappa shape index (κ2) is 7.33. The summed E-state index contributed by atoms with van der Waals surface area (Å²) in [4.78, 5) is 20.7. The van der Waals surface area contributed by atoms with Gasteiger partial charge in [-0.2, -0.15) is 0 Å². The van der Waals surface area contributed by atoms with Gasteiger partial charge in [0.25, 0.3) is 5.91 Å². The molecule has 1 aliphatic heterocycles. The molecule has 0 atom stereocenters. The van der Waals surface area contributed by atoms with Crippen molar-refractivity contribution < 1.29 is 14.3 Å². The highest BCUT2D eigenvalue weighted by Crippen LogP contribution is 2.38. The molecule has 0 bridgehead atoms. The number of carbonyl (C=O) groups excluding carboxylic acids is 1. The molecule has 0 aliphatic carbocycles. The molecule has 1 amide bonds. The average Bonchev–Trinajstić information content (AvgIpc) is 3.31. The summed E-state index contributed by atoms with van der Waals surface area (Å²) in [5.74, 6) is 0.722. The average molecular weight is 463 g/mol. The lowest BCUT2D eigenvalue weighted by Crippen LogP contribution is -2.14. The first-order valence-electron chi connectivity index (χ1n) is 7.31. The van der Waals surface area contributed by atoms with E-state index in [1.165, 1.54) is 11.3 Å². The summed E-state index contributed by atoms with van der Waals surface area (Å²) in [6.45, 7) is 0.192. The fraction of sp³-hybridized carbons (Fsp3) is 0.0625. The molecule has 3 heterocycles. The number of anilines is 1. The Balaban J connectivity index is 1.57. The highest BCUT2D eigenvalue weighted by molar-refractivity contribution is 7.14. The summed E-state index contributed by atoms with van der Waals surface area (Å²) < 4.78 is 10.6. The molecular weight excluding hydrogens is 456 g/mol. The van der Waals surface area contributed by atoms with Crippen LogP contribution >= 0.6 is 57.7 Å². The van der Waals surface area contributed by atoms with Crippen LogP contribution in [0, 0.1) is 0 Å². The van der Waals surface area contributed by atoms with Crippen molar-refractivity contribution in [1.29, 1.82) is 0 Å². The number of hydrogen-bond acceptors (Lipinski definition) is 6. The number of amides is 1. The van der Waals surface area contributed by atoms with Gasteiger partial charge in [0.05, 0.1) is 20.8 Å². The second-order valence-corrected chi connectivity index (χ2v) is 7.60. The number of benzene rings is 1. The molecule has 0 saturated heterocycles. The lowest BCUT2D eigenvalue weighted by atomic mass is 10.1. The number of aromatic nitrogens is 2. The summed E-state index contributed by atoms with van der Waals surface area (Å²) in [5, 5.41) is 4.52. The number of thiazole rings is 1. The van der Waals surface area contributed by atoms with Crippen LogP contribution in [0.3, 0.4) is 0 Å². The largest absolute Gasteiger partial charge is 0.454 e. The topological polar surface area (TPSA) is 73.3 Å². The Morgan fingerprint density at radius 3 is 2.63 bits per heavy atom. The summed E-state index contributed by atoms with van der Waals surface area (Å²) >= 11 is 25.0. The number of rotatable bonds is 3. The molecule has 1 aliphatic rings. The fourth-order valence-electron chi connectivity index (χ4n) is 2.31. The fourth-order valence-corrected chi connectivity index (χ4v) is 3.84. The van der Waals surface area contributed by atoms with E-state index >= 15 is 0 Å². The van der Waals surface area contributed by atoms with Crippen LogP contribution in [0.4, 0.5) is 5.13 Å². The normalized spacial score (nSPS) is 12.3. The lowest BCUT2D eigenvalue weighted by Gasteiger charge is -2.07. The summed E-state index contributed by atoms with van der Waals surface area (Å²) in [7, 11) is 0. The number of nitrogens with zero attached hydrogens (tertiary/aromatic N) is 2. The Morgan fingerprint density at radius 2 is 1.81 bits per heavy atom. The SMILES string of the molecule is O=C(Nc1nc(-c2ccc3c(c2)OCO3)cs1)c1nc(Cl)c(Cl)c(Cl)c1Cl. The first kappa shape index (κ1) is 18.6. The van der Waals surface area contributed by atoms with E-state index < -0.39 is 5.91 Å². The van der Waals surface area contributed by atoms with E-state index in [4.69, 9.17) is 55.9 Å². The van der Waals surface area contributed by atoms with Gasteiger partial charge >= 0.3 is 0 Å². The van der Waals surface area contributed by atoms with Crippen molar-refractivity contribution in [3.63, 3.8) is 0 Å². The van der Waals surface area contributed by atoms with Gasteiger partial charge in [-0.1, -0.05) is 46.4 Å². The number of ether oxygens (including phenoxy) is 2. The molecule has 0 spiro atoms. The van der Waals surface area contributed by atoms with E-state index in [9.17, 15) is 4.79 Å². The predicted molar refractivity (Wildman–Crippen MR) is 106 cm³/mol. The van der Waals surface area contributed by atoms with E-state index in [1.54, 1.807) is 11.4 Å². The Morgan fingerprint density at radius 1 is 1.04 bits per heavy atom. The first-order valence-corrected chi connectivity index (χ1v) is 9.70. The van der Waals surface area contributed by atoms with Crippen LogP contribution < -0.4 is 14.8 Å². The van der Waals surface area contributed by atoms with Gasteiger partial charge < -0.3 is 9.47 Å². The zero-order chi connectivity index (χ0) is 19.1. The third-order valence-electron chi connectivity index (χ3n) is 3.59. The standard InChI is InChI=1S/C16H7Cl4N3O3S/c17-10-11(18)13(22-14(20)12(10)19)15(24)23-16-21-7(4-27-16)6-1-2-8-9(3-6)26-5-25-8/h1-4H,5H2,(H,21,23,24). The minimum absolute atomic E-state index is 0.0146. The molecule has 0 fully saturated rings. The van der Waals surface area contributed by atoms with Gasteiger partial charge in [0.15, 0.2) is 22.3 Å². The molecule has 1 aromatic carbocycles. The van der Waals surface area contributed by atoms with E-state index in [0.717, 1.165) is 5.56 Å². The maximum absolute atomic E-state index is 12.5. The summed E-state index contributed by atoms with van der Waals surface area (Å²) in [6, 6.07) is 5.47. The first-order chi connectivity index (χ1) is 12.9. The van der Waals surface area contributed by atoms with Crippen molar-refractivity contribution in [2.75, 3.05) is 12.1 Å². The Kier molecular flexibility index (Phi) is 5.05. The molecule has 27 heavy (non-hydrogen) atoms. The molecule has 2 aromatic heterocycles. The number of nitrogens with one attached hydrogen (secondary N) is 1. The van der Waals surface area contributed by atoms with Crippen LogP contribution in [0.5, 0.6) is 11.5 Å². The van der Waals surface area contributed by atoms with Gasteiger partial charge in [0.2, 0.25) is 6.79 Å². The smallest absolute Gasteiger partial charge is 0.277 e. The van der Waals surface area contributed by atoms with Crippen molar-refractivity contribution in [2.24, 2.45) is 0 Å². The Bertz CT molecular complexity index is 1070. The number of carbonyl (C=O) groups is 1. The number of hydrogen-bond donors (Lipinski definition) is 1. The van der Waals surface area contributed by atoms with Crippen molar-refractivity contribution in [3.05, 3.63) is 49.5 Å². The van der Waals surface area contributed by atoms with Crippen LogP contribution in [0.25, 0.3) is 11.3 Å². The molecule has 11 heteroatoms. The molecule has 4 rings (SSSR count). The van der Waals surface area contributed by atoms with Gasteiger partial charge in [-0.15, -0.1) is 11.3 Å². The van der Waals surface area contributed by atoms with Crippen LogP contribution in [0.1, 0.15) is 10.5 Å².